The van der Waals surface area contributed by atoms with Gasteiger partial charge in [-0.05, 0) is 37.8 Å². The van der Waals surface area contributed by atoms with Crippen LogP contribution in [0.5, 0.6) is 0 Å². The minimum atomic E-state index is -0.259. The summed E-state index contributed by atoms with van der Waals surface area (Å²) in [7, 11) is 1.96. The van der Waals surface area contributed by atoms with Gasteiger partial charge in [-0.15, -0.1) is 0 Å². The van der Waals surface area contributed by atoms with Gasteiger partial charge >= 0.3 is 0 Å². The highest BCUT2D eigenvalue weighted by Gasteiger charge is 2.33. The van der Waals surface area contributed by atoms with Gasteiger partial charge in [0.25, 0.3) is 0 Å². The van der Waals surface area contributed by atoms with Gasteiger partial charge in [-0.2, -0.15) is 4.98 Å². The molecule has 1 aliphatic carbocycles. The second kappa shape index (κ2) is 11.3. The van der Waals surface area contributed by atoms with Crippen molar-refractivity contribution in [3.8, 4) is 5.95 Å². The molecule has 2 saturated heterocycles. The molecule has 1 saturated carbocycles. The van der Waals surface area contributed by atoms with E-state index >= 15 is 0 Å². The zero-order valence-electron chi connectivity index (χ0n) is 24.4. The second-order valence-corrected chi connectivity index (χ2v) is 11.7. The number of hydrogen-bond donors (Lipinski definition) is 2. The lowest BCUT2D eigenvalue weighted by Crippen LogP contribution is -2.54. The number of amides is 1. The number of para-hydroxylation sites is 2. The Kier molecular flexibility index (Phi) is 7.39. The Balaban J connectivity index is 1.23. The fourth-order valence-electron chi connectivity index (χ4n) is 6.66. The first-order valence-corrected chi connectivity index (χ1v) is 15.2. The molecule has 1 amide bonds. The molecule has 0 bridgehead atoms. The van der Waals surface area contributed by atoms with Gasteiger partial charge in [0, 0.05) is 45.7 Å². The number of fused-ring (bicyclic) bond motifs is 2. The average Bonchev–Trinajstić information content (AvgIpc) is 3.55. The van der Waals surface area contributed by atoms with E-state index in [1.54, 1.807) is 0 Å². The van der Waals surface area contributed by atoms with E-state index in [2.05, 4.69) is 17.1 Å². The third-order valence-corrected chi connectivity index (χ3v) is 9.07. The molecule has 222 valence electrons. The monoisotopic (exact) mass is 573 g/mol. The highest BCUT2D eigenvalue weighted by Crippen LogP contribution is 2.29. The second-order valence-electron chi connectivity index (χ2n) is 11.7. The molecular weight excluding hydrogens is 534 g/mol. The number of aliphatic hydroxyl groups excluding tert-OH is 1. The van der Waals surface area contributed by atoms with Crippen molar-refractivity contribution < 1.29 is 14.6 Å². The smallest absolute Gasteiger partial charge is 0.238 e. The van der Waals surface area contributed by atoms with Crippen LogP contribution in [0, 0.1) is 0 Å². The lowest BCUT2D eigenvalue weighted by atomic mass is 9.91. The lowest BCUT2D eigenvalue weighted by molar-refractivity contribution is -0.138. The largest absolute Gasteiger partial charge is 0.393 e. The maximum Gasteiger partial charge on any atom is 0.238 e. The number of rotatable bonds is 6. The average molecular weight is 574 g/mol. The molecule has 2 N–H and O–H groups in total. The Morgan fingerprint density at radius 2 is 1.88 bits per heavy atom. The van der Waals surface area contributed by atoms with Gasteiger partial charge in [-0.1, -0.05) is 19.1 Å². The fourth-order valence-corrected chi connectivity index (χ4v) is 6.66. The Hall–Kier alpha value is -3.45. The summed E-state index contributed by atoms with van der Waals surface area (Å²) >= 11 is 0. The van der Waals surface area contributed by atoms with Gasteiger partial charge in [-0.3, -0.25) is 14.3 Å². The Morgan fingerprint density at radius 3 is 2.64 bits per heavy atom. The maximum atomic E-state index is 13.3. The number of nitrogens with zero attached hydrogens (tertiary/aromatic N) is 8. The number of aliphatic hydroxyl groups is 1. The number of carbonyl (C=O) groups is 1. The van der Waals surface area contributed by atoms with E-state index in [9.17, 15) is 9.90 Å². The van der Waals surface area contributed by atoms with Crippen LogP contribution in [0.25, 0.3) is 28.1 Å². The van der Waals surface area contributed by atoms with Crippen LogP contribution in [0.3, 0.4) is 0 Å². The number of piperazine rings is 1. The molecule has 3 aromatic heterocycles. The molecule has 0 radical (unpaired) electrons. The predicted molar refractivity (Wildman–Crippen MR) is 157 cm³/mol. The molecule has 1 atom stereocenters. The number of aryl methyl sites for hydroxylation is 2. The first kappa shape index (κ1) is 27.4. The van der Waals surface area contributed by atoms with Crippen LogP contribution in [0.15, 0.2) is 24.3 Å². The summed E-state index contributed by atoms with van der Waals surface area (Å²) in [4.78, 5) is 37.5. The van der Waals surface area contributed by atoms with Crippen LogP contribution < -0.4 is 5.32 Å². The predicted octanol–water partition coefficient (Wildman–Crippen LogP) is 1.87. The fraction of sp³-hybridized carbons (Fsp3) is 0.567. The highest BCUT2D eigenvalue weighted by molar-refractivity contribution is 5.81. The van der Waals surface area contributed by atoms with Crippen LogP contribution in [-0.2, 0) is 29.5 Å². The lowest BCUT2D eigenvalue weighted by Gasteiger charge is -2.40. The van der Waals surface area contributed by atoms with Gasteiger partial charge in [-0.25, -0.2) is 15.0 Å². The van der Waals surface area contributed by atoms with Crippen molar-refractivity contribution in [2.24, 2.45) is 7.05 Å². The van der Waals surface area contributed by atoms with Gasteiger partial charge < -0.3 is 24.6 Å². The van der Waals surface area contributed by atoms with Gasteiger partial charge in [0.1, 0.15) is 29.0 Å². The van der Waals surface area contributed by atoms with Gasteiger partial charge in [0.05, 0.1) is 36.8 Å². The molecule has 0 spiro atoms. The van der Waals surface area contributed by atoms with Crippen molar-refractivity contribution >= 4 is 28.1 Å². The van der Waals surface area contributed by atoms with E-state index in [1.807, 2.05) is 45.3 Å². The van der Waals surface area contributed by atoms with E-state index in [0.717, 1.165) is 73.6 Å². The van der Waals surface area contributed by atoms with Crippen molar-refractivity contribution in [3.63, 3.8) is 0 Å². The molecule has 7 rings (SSSR count). The molecule has 12 heteroatoms. The van der Waals surface area contributed by atoms with Crippen LogP contribution >= 0.6 is 0 Å². The number of nitrogens with one attached hydrogen (secondary N) is 1. The van der Waals surface area contributed by atoms with E-state index in [0.29, 0.717) is 55.9 Å². The minimum absolute atomic E-state index is 0.115. The summed E-state index contributed by atoms with van der Waals surface area (Å²) in [6, 6.07) is 8.43. The first-order chi connectivity index (χ1) is 20.5. The molecule has 2 aliphatic heterocycles. The zero-order chi connectivity index (χ0) is 28.8. The standard InChI is InChI=1S/C30H39N9O3/c1-3-24-32-21-6-4-5-7-22(21)39(24)30-34-27(23-16-31-12-15-42-23)28-29(35-30)36(2)25(33-28)17-38-14-13-37(18-26(38)41)19-8-10-20(40)11-9-19/h4-7,19-20,23,31,40H,3,8-18H2,1-2H3. The number of hydrogen-bond acceptors (Lipinski definition) is 9. The van der Waals surface area contributed by atoms with Crippen LogP contribution in [0.1, 0.15) is 56.1 Å². The summed E-state index contributed by atoms with van der Waals surface area (Å²) < 4.78 is 10.2. The molecule has 1 aromatic carbocycles. The number of carbonyl (C=O) groups excluding carboxylic acids is 1. The third kappa shape index (κ3) is 4.96. The Morgan fingerprint density at radius 1 is 1.05 bits per heavy atom. The van der Waals surface area contributed by atoms with Gasteiger partial charge in [0.15, 0.2) is 5.65 Å². The van der Waals surface area contributed by atoms with Crippen molar-refractivity contribution in [3.05, 3.63) is 41.6 Å². The first-order valence-electron chi connectivity index (χ1n) is 15.2. The normalized spacial score (nSPS) is 24.2. The van der Waals surface area contributed by atoms with Crippen molar-refractivity contribution in [2.45, 2.75) is 63.8 Å². The summed E-state index contributed by atoms with van der Waals surface area (Å²) in [6.45, 7) is 6.43. The summed E-state index contributed by atoms with van der Waals surface area (Å²) in [5.41, 5.74) is 4.04. The molecule has 4 aromatic rings. The van der Waals surface area contributed by atoms with Crippen LogP contribution in [0.4, 0.5) is 0 Å². The topological polar surface area (TPSA) is 126 Å². The summed E-state index contributed by atoms with van der Waals surface area (Å²) in [5, 5.41) is 13.3. The van der Waals surface area contributed by atoms with Crippen LogP contribution in [-0.4, -0.2) is 101 Å². The van der Waals surface area contributed by atoms with Crippen molar-refractivity contribution in [1.29, 1.82) is 0 Å². The summed E-state index contributed by atoms with van der Waals surface area (Å²) in [5.74, 6) is 2.33. The molecule has 5 heterocycles. The molecule has 3 aliphatic rings. The molecular formula is C30H39N9O3. The maximum absolute atomic E-state index is 13.3. The molecule has 3 fully saturated rings. The quantitative estimate of drug-likeness (QED) is 0.356. The third-order valence-electron chi connectivity index (χ3n) is 9.07. The molecule has 12 nitrogen and oxygen atoms in total. The SMILES string of the molecule is CCc1nc2ccccc2n1-c1nc(C2CNCCO2)c2nc(CN3CCN(C4CCC(O)CC4)CC3=O)n(C)c2n1. The van der Waals surface area contributed by atoms with E-state index in [4.69, 9.17) is 24.7 Å². The van der Waals surface area contributed by atoms with E-state index < -0.39 is 0 Å². The Bertz CT molecular complexity index is 1600. The number of ether oxygens (including phenoxy) is 1. The van der Waals surface area contributed by atoms with E-state index in [-0.39, 0.29) is 18.1 Å². The van der Waals surface area contributed by atoms with E-state index in [1.165, 1.54) is 0 Å². The number of benzene rings is 1. The number of imidazole rings is 2. The van der Waals surface area contributed by atoms with Crippen molar-refractivity contribution in [1.82, 2.24) is 44.2 Å². The highest BCUT2D eigenvalue weighted by atomic mass is 16.5. The number of aromatic nitrogens is 6. The van der Waals surface area contributed by atoms with Crippen LogP contribution in [0.2, 0.25) is 0 Å². The number of morpholine rings is 1. The minimum Gasteiger partial charge on any atom is -0.393 e. The molecule has 1 unspecified atom stereocenters. The zero-order valence-corrected chi connectivity index (χ0v) is 24.4. The molecule has 42 heavy (non-hydrogen) atoms. The summed E-state index contributed by atoms with van der Waals surface area (Å²) in [6.07, 6.45) is 3.82. The van der Waals surface area contributed by atoms with Crippen molar-refractivity contribution in [2.75, 3.05) is 39.3 Å². The Labute approximate surface area is 244 Å². The van der Waals surface area contributed by atoms with Gasteiger partial charge in [0.2, 0.25) is 11.9 Å².